The first-order valence-electron chi connectivity index (χ1n) is 0.169. The van der Waals surface area contributed by atoms with E-state index in [4.69, 9.17) is 4.66 Å². The third kappa shape index (κ3) is 9.80. The van der Waals surface area contributed by atoms with E-state index < -0.39 is 0 Å². The molecule has 0 saturated carbocycles. The molecule has 4 heavy (non-hydrogen) atoms. The first-order valence-corrected chi connectivity index (χ1v) is 0.507. The van der Waals surface area contributed by atoms with Gasteiger partial charge in [0.15, 0.2) is 0 Å². The van der Waals surface area contributed by atoms with Crippen molar-refractivity contribution in [1.82, 2.24) is 0 Å². The third-order valence-corrected chi connectivity index (χ3v) is 0. The van der Waals surface area contributed by atoms with Gasteiger partial charge in [0.1, 0.15) is 0 Å². The summed E-state index contributed by atoms with van der Waals surface area (Å²) in [5.41, 5.74) is 0. The standard InChI is InChI=1S/Ca.ClHO.H2O.2H/c;1-2;;;/h;2H;1H2;;. The van der Waals surface area contributed by atoms with Crippen LogP contribution in [0.4, 0.5) is 0 Å². The molecule has 0 saturated heterocycles. The minimum atomic E-state index is 0. The molecule has 0 spiro atoms. The summed E-state index contributed by atoms with van der Waals surface area (Å²) in [6, 6.07) is 0. The normalized spacial score (nSPS) is 1.50. The SMILES string of the molecule is O.OCl.[CaH2]. The molecule has 4 heteroatoms. The molecule has 0 aromatic rings. The zero-order chi connectivity index (χ0) is 2.00. The fourth-order valence-electron chi connectivity index (χ4n) is 0. The van der Waals surface area contributed by atoms with Gasteiger partial charge >= 0.3 is 37.7 Å². The summed E-state index contributed by atoms with van der Waals surface area (Å²) in [6.45, 7) is 0. The minimum absolute atomic E-state index is 0. The summed E-state index contributed by atoms with van der Waals surface area (Å²) in [5, 5.41) is 0. The van der Waals surface area contributed by atoms with Crippen molar-refractivity contribution >= 4 is 49.6 Å². The van der Waals surface area contributed by atoms with Gasteiger partial charge < -0.3 is 5.48 Å². The van der Waals surface area contributed by atoms with Gasteiger partial charge in [-0.25, -0.2) is 0 Å². The van der Waals surface area contributed by atoms with E-state index in [-0.39, 0.29) is 43.2 Å². The molecule has 0 fully saturated rings. The molecule has 3 N–H and O–H groups in total. The molecule has 0 radical (unpaired) electrons. The second kappa shape index (κ2) is 24.9. The summed E-state index contributed by atoms with van der Waals surface area (Å²) in [7, 11) is 0. The van der Waals surface area contributed by atoms with Crippen LogP contribution in [0.5, 0.6) is 0 Å². The summed E-state index contributed by atoms with van der Waals surface area (Å²) >= 11 is 3.64. The van der Waals surface area contributed by atoms with Gasteiger partial charge in [-0.1, -0.05) is 0 Å². The Hall–Kier alpha value is 1.47. The Morgan fingerprint density at radius 2 is 1.25 bits per heavy atom. The molecule has 0 bridgehead atoms. The number of rotatable bonds is 0. The average molecular weight is 113 g/mol. The van der Waals surface area contributed by atoms with Crippen molar-refractivity contribution in [3.63, 3.8) is 0 Å². The zero-order valence-corrected chi connectivity index (χ0v) is 2.08. The summed E-state index contributed by atoms with van der Waals surface area (Å²) in [4.78, 5) is 0. The zero-order valence-electron chi connectivity index (χ0n) is 1.33. The second-order valence-corrected chi connectivity index (χ2v) is 0. The van der Waals surface area contributed by atoms with E-state index in [9.17, 15) is 0 Å². The fourth-order valence-corrected chi connectivity index (χ4v) is 0. The Kier molecular flexibility index (Phi) is 112. The van der Waals surface area contributed by atoms with Crippen molar-refractivity contribution in [1.29, 1.82) is 0 Å². The molecule has 0 unspecified atom stereocenters. The van der Waals surface area contributed by atoms with E-state index >= 15 is 0 Å². The summed E-state index contributed by atoms with van der Waals surface area (Å²) < 4.78 is 6.47. The molecular weight excluding hydrogens is 108 g/mol. The molecular formula is H5CaClO2. The third-order valence-electron chi connectivity index (χ3n) is 0. The van der Waals surface area contributed by atoms with Crippen LogP contribution in [0.3, 0.4) is 0 Å². The van der Waals surface area contributed by atoms with Crippen LogP contribution < -0.4 is 0 Å². The van der Waals surface area contributed by atoms with Gasteiger partial charge in [0.05, 0.1) is 11.9 Å². The first kappa shape index (κ1) is 17.9. The van der Waals surface area contributed by atoms with Crippen LogP contribution in [0, 0.1) is 0 Å². The van der Waals surface area contributed by atoms with Gasteiger partial charge in [0.2, 0.25) is 0 Å². The van der Waals surface area contributed by atoms with E-state index in [0.29, 0.717) is 0 Å². The van der Waals surface area contributed by atoms with Gasteiger partial charge in [0.25, 0.3) is 0 Å². The second-order valence-electron chi connectivity index (χ2n) is 0. The Morgan fingerprint density at radius 1 is 1.25 bits per heavy atom. The molecule has 0 rings (SSSR count). The van der Waals surface area contributed by atoms with Gasteiger partial charge in [-0.2, -0.15) is 0 Å². The molecule has 0 aromatic heterocycles. The molecule has 0 amide bonds. The van der Waals surface area contributed by atoms with Crippen LogP contribution in [0.25, 0.3) is 0 Å². The predicted octanol–water partition coefficient (Wildman–Crippen LogP) is -1.61. The maximum atomic E-state index is 6.47. The van der Waals surface area contributed by atoms with Crippen LogP contribution in [0.15, 0.2) is 0 Å². The molecule has 0 aromatic carbocycles. The topological polar surface area (TPSA) is 51.7 Å². The Balaban J connectivity index is -0.00000000500. The number of halogens is 1. The van der Waals surface area contributed by atoms with Crippen molar-refractivity contribution in [2.24, 2.45) is 0 Å². The van der Waals surface area contributed by atoms with Crippen molar-refractivity contribution in [2.75, 3.05) is 0 Å². The molecule has 2 nitrogen and oxygen atoms in total. The number of hydrogen-bond donors (Lipinski definition) is 1. The van der Waals surface area contributed by atoms with Crippen LogP contribution in [-0.4, -0.2) is 47.9 Å². The Bertz CT molecular complexity index is 6.00. The van der Waals surface area contributed by atoms with E-state index in [1.807, 2.05) is 0 Å². The molecule has 0 aliphatic heterocycles. The van der Waals surface area contributed by atoms with Crippen LogP contribution >= 0.6 is 11.9 Å². The van der Waals surface area contributed by atoms with Crippen molar-refractivity contribution in [2.45, 2.75) is 0 Å². The molecule has 26 valence electrons. The first-order chi connectivity index (χ1) is 1.00. The van der Waals surface area contributed by atoms with Crippen LogP contribution in [0.2, 0.25) is 0 Å². The Morgan fingerprint density at radius 3 is 1.25 bits per heavy atom. The fraction of sp³-hybridized carbons (Fsp3) is 0. The van der Waals surface area contributed by atoms with Crippen molar-refractivity contribution in [3.8, 4) is 0 Å². The Labute approximate surface area is 59.2 Å². The molecule has 0 heterocycles. The molecule has 0 atom stereocenters. The van der Waals surface area contributed by atoms with Gasteiger partial charge in [-0.3, -0.25) is 4.66 Å². The van der Waals surface area contributed by atoms with Gasteiger partial charge in [0, 0.05) is 0 Å². The predicted molar refractivity (Wildman–Crippen MR) is 20.2 cm³/mol. The quantitative estimate of drug-likeness (QED) is 0.377. The van der Waals surface area contributed by atoms with Crippen molar-refractivity contribution < 1.29 is 10.1 Å². The van der Waals surface area contributed by atoms with Crippen LogP contribution in [-0.2, 0) is 0 Å². The maximum absolute atomic E-state index is 6.47. The van der Waals surface area contributed by atoms with Crippen molar-refractivity contribution in [3.05, 3.63) is 0 Å². The van der Waals surface area contributed by atoms with E-state index in [1.165, 1.54) is 0 Å². The van der Waals surface area contributed by atoms with E-state index in [0.717, 1.165) is 0 Å². The average Bonchev–Trinajstić information content (AvgIpc) is 1.00. The number of hydrogen-bond acceptors (Lipinski definition) is 1. The van der Waals surface area contributed by atoms with Gasteiger partial charge in [-0.05, 0) is 0 Å². The van der Waals surface area contributed by atoms with Gasteiger partial charge in [-0.15, -0.1) is 0 Å². The monoisotopic (exact) mass is 112 g/mol. The summed E-state index contributed by atoms with van der Waals surface area (Å²) in [5.74, 6) is 0. The summed E-state index contributed by atoms with van der Waals surface area (Å²) in [6.07, 6.45) is 0. The van der Waals surface area contributed by atoms with E-state index in [1.54, 1.807) is 0 Å². The molecule has 0 aliphatic rings. The van der Waals surface area contributed by atoms with Crippen LogP contribution in [0.1, 0.15) is 0 Å². The van der Waals surface area contributed by atoms with E-state index in [2.05, 4.69) is 11.9 Å². The molecule has 0 aliphatic carbocycles.